The predicted molar refractivity (Wildman–Crippen MR) is 69.0 cm³/mol. The molecule has 0 aliphatic heterocycles. The van der Waals surface area contributed by atoms with Gasteiger partial charge in [0.2, 0.25) is 0 Å². The predicted octanol–water partition coefficient (Wildman–Crippen LogP) is 3.22. The SMILES string of the molecule is Cc1ccc(C(O)CN(C)CCC(F)(F)F)cc1C. The lowest BCUT2D eigenvalue weighted by molar-refractivity contribution is -0.137. The van der Waals surface area contributed by atoms with Crippen LogP contribution in [0.4, 0.5) is 13.2 Å². The van der Waals surface area contributed by atoms with Gasteiger partial charge in [-0.05, 0) is 37.6 Å². The van der Waals surface area contributed by atoms with Gasteiger partial charge in [0.05, 0.1) is 12.5 Å². The molecule has 0 radical (unpaired) electrons. The van der Waals surface area contributed by atoms with E-state index in [-0.39, 0.29) is 13.1 Å². The fourth-order valence-electron chi connectivity index (χ4n) is 1.78. The van der Waals surface area contributed by atoms with Crippen LogP contribution in [0, 0.1) is 13.8 Å². The van der Waals surface area contributed by atoms with Crippen molar-refractivity contribution in [2.75, 3.05) is 20.1 Å². The molecule has 0 aromatic heterocycles. The number of alkyl halides is 3. The van der Waals surface area contributed by atoms with Crippen molar-refractivity contribution in [2.45, 2.75) is 32.5 Å². The number of halogens is 3. The molecule has 0 aliphatic carbocycles. The van der Waals surface area contributed by atoms with Gasteiger partial charge < -0.3 is 10.0 Å². The molecule has 0 bridgehead atoms. The summed E-state index contributed by atoms with van der Waals surface area (Å²) < 4.78 is 36.3. The third-order valence-corrected chi connectivity index (χ3v) is 3.18. The molecule has 5 heteroatoms. The van der Waals surface area contributed by atoms with Crippen LogP contribution in [0.15, 0.2) is 18.2 Å². The molecular weight excluding hydrogens is 255 g/mol. The van der Waals surface area contributed by atoms with E-state index in [0.717, 1.165) is 16.7 Å². The van der Waals surface area contributed by atoms with Crippen LogP contribution >= 0.6 is 0 Å². The zero-order valence-electron chi connectivity index (χ0n) is 11.5. The summed E-state index contributed by atoms with van der Waals surface area (Å²) in [6, 6.07) is 5.59. The average Bonchev–Trinajstić information content (AvgIpc) is 2.29. The highest BCUT2D eigenvalue weighted by Crippen LogP contribution is 2.21. The highest BCUT2D eigenvalue weighted by atomic mass is 19.4. The van der Waals surface area contributed by atoms with Gasteiger partial charge in [-0.25, -0.2) is 0 Å². The maximum absolute atomic E-state index is 12.1. The van der Waals surface area contributed by atoms with Crippen molar-refractivity contribution in [2.24, 2.45) is 0 Å². The quantitative estimate of drug-likeness (QED) is 0.892. The standard InChI is InChI=1S/C14H20F3NO/c1-10-4-5-12(8-11(10)2)13(19)9-18(3)7-6-14(15,16)17/h4-5,8,13,19H,6-7,9H2,1-3H3. The first-order valence-corrected chi connectivity index (χ1v) is 6.19. The summed E-state index contributed by atoms with van der Waals surface area (Å²) in [6.45, 7) is 4.00. The first-order chi connectivity index (χ1) is 8.69. The Morgan fingerprint density at radius 1 is 1.21 bits per heavy atom. The van der Waals surface area contributed by atoms with E-state index in [1.807, 2.05) is 32.0 Å². The van der Waals surface area contributed by atoms with Crippen molar-refractivity contribution in [1.29, 1.82) is 0 Å². The molecule has 0 amide bonds. The normalized spacial score (nSPS) is 13.9. The molecule has 0 fully saturated rings. The van der Waals surface area contributed by atoms with Crippen molar-refractivity contribution in [1.82, 2.24) is 4.90 Å². The van der Waals surface area contributed by atoms with Crippen LogP contribution in [0.3, 0.4) is 0 Å². The van der Waals surface area contributed by atoms with Gasteiger partial charge >= 0.3 is 6.18 Å². The Morgan fingerprint density at radius 3 is 2.37 bits per heavy atom. The molecule has 2 nitrogen and oxygen atoms in total. The van der Waals surface area contributed by atoms with Crippen LogP contribution in [-0.2, 0) is 0 Å². The number of likely N-dealkylation sites (N-methyl/N-ethyl adjacent to an activating group) is 1. The molecule has 0 saturated heterocycles. The van der Waals surface area contributed by atoms with Crippen molar-refractivity contribution >= 4 is 0 Å². The molecule has 1 atom stereocenters. The Kier molecular flexibility index (Phi) is 5.38. The lowest BCUT2D eigenvalue weighted by atomic mass is 10.0. The van der Waals surface area contributed by atoms with E-state index >= 15 is 0 Å². The van der Waals surface area contributed by atoms with Gasteiger partial charge in [0.25, 0.3) is 0 Å². The molecule has 1 rings (SSSR count). The number of hydrogen-bond acceptors (Lipinski definition) is 2. The lowest BCUT2D eigenvalue weighted by Gasteiger charge is -2.21. The molecule has 0 aliphatic rings. The molecule has 1 N–H and O–H groups in total. The molecular formula is C14H20F3NO. The number of nitrogens with zero attached hydrogens (tertiary/aromatic N) is 1. The first-order valence-electron chi connectivity index (χ1n) is 6.19. The minimum atomic E-state index is -4.15. The summed E-state index contributed by atoms with van der Waals surface area (Å²) in [6.07, 6.45) is -5.78. The average molecular weight is 275 g/mol. The molecule has 108 valence electrons. The number of aliphatic hydroxyl groups is 1. The molecule has 0 saturated carbocycles. The van der Waals surface area contributed by atoms with Gasteiger partial charge in [-0.3, -0.25) is 0 Å². The van der Waals surface area contributed by atoms with Gasteiger partial charge in [0, 0.05) is 13.1 Å². The van der Waals surface area contributed by atoms with E-state index in [9.17, 15) is 18.3 Å². The Morgan fingerprint density at radius 2 is 1.84 bits per heavy atom. The molecule has 1 aromatic carbocycles. The van der Waals surface area contributed by atoms with Crippen LogP contribution in [0.25, 0.3) is 0 Å². The van der Waals surface area contributed by atoms with Crippen LogP contribution < -0.4 is 0 Å². The van der Waals surface area contributed by atoms with Gasteiger partial charge in [-0.2, -0.15) is 13.2 Å². The number of rotatable bonds is 5. The van der Waals surface area contributed by atoms with E-state index in [0.29, 0.717) is 0 Å². The molecule has 1 aromatic rings. The van der Waals surface area contributed by atoms with Gasteiger partial charge in [0.15, 0.2) is 0 Å². The minimum Gasteiger partial charge on any atom is -0.387 e. The zero-order valence-corrected chi connectivity index (χ0v) is 11.5. The number of aryl methyl sites for hydroxylation is 2. The van der Waals surface area contributed by atoms with Crippen molar-refractivity contribution in [3.63, 3.8) is 0 Å². The second kappa shape index (κ2) is 6.39. The van der Waals surface area contributed by atoms with E-state index < -0.39 is 18.7 Å². The Labute approximate surface area is 111 Å². The number of hydrogen-bond donors (Lipinski definition) is 1. The smallest absolute Gasteiger partial charge is 0.387 e. The van der Waals surface area contributed by atoms with E-state index in [4.69, 9.17) is 0 Å². The Hall–Kier alpha value is -1.07. The minimum absolute atomic E-state index is 0.106. The molecule has 0 heterocycles. The number of aliphatic hydroxyl groups excluding tert-OH is 1. The third kappa shape index (κ3) is 5.61. The summed E-state index contributed by atoms with van der Waals surface area (Å²) in [5, 5.41) is 10.0. The van der Waals surface area contributed by atoms with Crippen LogP contribution in [0.1, 0.15) is 29.2 Å². The fraction of sp³-hybridized carbons (Fsp3) is 0.571. The second-order valence-electron chi connectivity index (χ2n) is 4.99. The summed E-state index contributed by atoms with van der Waals surface area (Å²) in [5.41, 5.74) is 2.93. The van der Waals surface area contributed by atoms with Crippen LogP contribution in [-0.4, -0.2) is 36.3 Å². The highest BCUT2D eigenvalue weighted by molar-refractivity contribution is 5.31. The maximum atomic E-state index is 12.1. The largest absolute Gasteiger partial charge is 0.390 e. The van der Waals surface area contributed by atoms with Crippen molar-refractivity contribution in [3.8, 4) is 0 Å². The highest BCUT2D eigenvalue weighted by Gasteiger charge is 2.27. The van der Waals surface area contributed by atoms with Crippen molar-refractivity contribution in [3.05, 3.63) is 34.9 Å². The van der Waals surface area contributed by atoms with E-state index in [2.05, 4.69) is 0 Å². The summed E-state index contributed by atoms with van der Waals surface area (Å²) in [4.78, 5) is 1.49. The van der Waals surface area contributed by atoms with Crippen molar-refractivity contribution < 1.29 is 18.3 Å². The second-order valence-corrected chi connectivity index (χ2v) is 4.99. The van der Waals surface area contributed by atoms with Gasteiger partial charge in [0.1, 0.15) is 0 Å². The third-order valence-electron chi connectivity index (χ3n) is 3.18. The Balaban J connectivity index is 2.54. The van der Waals surface area contributed by atoms with E-state index in [1.165, 1.54) is 4.90 Å². The summed E-state index contributed by atoms with van der Waals surface area (Å²) in [7, 11) is 1.58. The molecule has 19 heavy (non-hydrogen) atoms. The van der Waals surface area contributed by atoms with Crippen LogP contribution in [0.2, 0.25) is 0 Å². The van der Waals surface area contributed by atoms with Crippen LogP contribution in [0.5, 0.6) is 0 Å². The van der Waals surface area contributed by atoms with Gasteiger partial charge in [-0.15, -0.1) is 0 Å². The number of benzene rings is 1. The monoisotopic (exact) mass is 275 g/mol. The molecule has 1 unspecified atom stereocenters. The maximum Gasteiger partial charge on any atom is 0.390 e. The lowest BCUT2D eigenvalue weighted by Crippen LogP contribution is -2.28. The summed E-state index contributed by atoms with van der Waals surface area (Å²) >= 11 is 0. The summed E-state index contributed by atoms with van der Waals surface area (Å²) in [5.74, 6) is 0. The topological polar surface area (TPSA) is 23.5 Å². The van der Waals surface area contributed by atoms with E-state index in [1.54, 1.807) is 7.05 Å². The zero-order chi connectivity index (χ0) is 14.6. The molecule has 0 spiro atoms. The van der Waals surface area contributed by atoms with Gasteiger partial charge in [-0.1, -0.05) is 18.2 Å². The Bertz CT molecular complexity index is 418. The first kappa shape index (κ1) is 16.0. The fourth-order valence-corrected chi connectivity index (χ4v) is 1.78.